The molecule has 236 valence electrons. The SMILES string of the molecule is C=C/C=C(\C=C(C)C)C(=C)/C=C\C(C)=C(C)C.C=C/C=C\C=C(/C)CCNC=C.CC.CC.CCCC(C)(C)CC. The van der Waals surface area contributed by atoms with Crippen LogP contribution in [0, 0.1) is 5.41 Å². The molecule has 0 aliphatic rings. The molecule has 0 heterocycles. The Hall–Kier alpha value is -2.80. The average Bonchev–Trinajstić information content (AvgIpc) is 2.94. The van der Waals surface area contributed by atoms with Crippen LogP contribution in [0.2, 0.25) is 0 Å². The Labute approximate surface area is 260 Å². The molecule has 0 aromatic carbocycles. The lowest BCUT2D eigenvalue weighted by Crippen LogP contribution is -2.07. The molecular weight excluding hydrogens is 494 g/mol. The summed E-state index contributed by atoms with van der Waals surface area (Å²) in [7, 11) is 0. The van der Waals surface area contributed by atoms with Gasteiger partial charge in [0.05, 0.1) is 0 Å². The van der Waals surface area contributed by atoms with Gasteiger partial charge in [-0.2, -0.15) is 0 Å². The molecule has 0 aromatic rings. The van der Waals surface area contributed by atoms with Crippen molar-refractivity contribution in [2.24, 2.45) is 5.41 Å². The quantitative estimate of drug-likeness (QED) is 0.163. The number of allylic oxidation sites excluding steroid dienone is 14. The minimum atomic E-state index is 0.592. The van der Waals surface area contributed by atoms with Crippen LogP contribution < -0.4 is 5.32 Å². The van der Waals surface area contributed by atoms with Crippen molar-refractivity contribution in [1.82, 2.24) is 5.32 Å². The van der Waals surface area contributed by atoms with E-state index in [1.165, 1.54) is 41.6 Å². The van der Waals surface area contributed by atoms with Crippen LogP contribution in [0.5, 0.6) is 0 Å². The van der Waals surface area contributed by atoms with Crippen LogP contribution in [0.25, 0.3) is 0 Å². The van der Waals surface area contributed by atoms with Gasteiger partial charge in [0.2, 0.25) is 0 Å². The van der Waals surface area contributed by atoms with E-state index in [1.54, 1.807) is 18.4 Å². The smallest absolute Gasteiger partial charge is 0.0178 e. The molecule has 0 unspecified atom stereocenters. The molecule has 0 fully saturated rings. The van der Waals surface area contributed by atoms with E-state index in [9.17, 15) is 0 Å². The molecule has 0 saturated carbocycles. The van der Waals surface area contributed by atoms with Gasteiger partial charge in [0.1, 0.15) is 0 Å². The molecule has 1 heteroatoms. The first-order valence-electron chi connectivity index (χ1n) is 15.6. The van der Waals surface area contributed by atoms with Crippen molar-refractivity contribution in [2.45, 2.75) is 123 Å². The van der Waals surface area contributed by atoms with Gasteiger partial charge < -0.3 is 5.32 Å². The Kier molecular flexibility index (Phi) is 41.2. The van der Waals surface area contributed by atoms with E-state index in [0.717, 1.165) is 24.1 Å². The van der Waals surface area contributed by atoms with Crippen molar-refractivity contribution in [1.29, 1.82) is 0 Å². The zero-order chi connectivity index (χ0) is 33.3. The van der Waals surface area contributed by atoms with E-state index in [0.29, 0.717) is 5.41 Å². The third-order valence-corrected chi connectivity index (χ3v) is 5.76. The topological polar surface area (TPSA) is 12.0 Å². The molecule has 1 nitrogen and oxygen atoms in total. The highest BCUT2D eigenvalue weighted by molar-refractivity contribution is 5.48. The van der Waals surface area contributed by atoms with Crippen LogP contribution >= 0.6 is 0 Å². The van der Waals surface area contributed by atoms with E-state index >= 15 is 0 Å². The third-order valence-electron chi connectivity index (χ3n) is 5.76. The first-order valence-corrected chi connectivity index (χ1v) is 15.6. The highest BCUT2D eigenvalue weighted by atomic mass is 14.8. The Morgan fingerprint density at radius 2 is 1.34 bits per heavy atom. The zero-order valence-electron chi connectivity index (χ0n) is 30.1. The summed E-state index contributed by atoms with van der Waals surface area (Å²) < 4.78 is 0. The number of nitrogens with one attached hydrogen (secondary N) is 1. The first kappa shape index (κ1) is 48.0. The molecule has 41 heavy (non-hydrogen) atoms. The van der Waals surface area contributed by atoms with Crippen molar-refractivity contribution in [3.8, 4) is 0 Å². The van der Waals surface area contributed by atoms with Crippen molar-refractivity contribution < 1.29 is 0 Å². The lowest BCUT2D eigenvalue weighted by atomic mass is 9.86. The molecule has 0 amide bonds. The van der Waals surface area contributed by atoms with E-state index in [4.69, 9.17) is 0 Å². The van der Waals surface area contributed by atoms with E-state index in [-0.39, 0.29) is 0 Å². The van der Waals surface area contributed by atoms with Crippen molar-refractivity contribution >= 4 is 0 Å². The maximum Gasteiger partial charge on any atom is 0.0178 e. The van der Waals surface area contributed by atoms with E-state index in [1.807, 2.05) is 45.9 Å². The maximum atomic E-state index is 4.09. The largest absolute Gasteiger partial charge is 0.391 e. The Morgan fingerprint density at radius 3 is 1.71 bits per heavy atom. The molecule has 0 atom stereocenters. The van der Waals surface area contributed by atoms with Gasteiger partial charge in [-0.05, 0) is 77.1 Å². The van der Waals surface area contributed by atoms with Crippen LogP contribution in [0.1, 0.15) is 123 Å². The second kappa shape index (κ2) is 35.2. The normalized spacial score (nSPS) is 10.7. The zero-order valence-corrected chi connectivity index (χ0v) is 30.1. The predicted octanol–water partition coefficient (Wildman–Crippen LogP) is 13.6. The Balaban J connectivity index is -0.000000157. The minimum absolute atomic E-state index is 0.592. The van der Waals surface area contributed by atoms with Crippen molar-refractivity contribution in [3.63, 3.8) is 0 Å². The fraction of sp³-hybridized carbons (Fsp3) is 0.500. The molecule has 0 radical (unpaired) electrons. The Bertz CT molecular complexity index is 839. The monoisotopic (exact) mass is 566 g/mol. The van der Waals surface area contributed by atoms with E-state index < -0.39 is 0 Å². The molecule has 0 aromatic heterocycles. The first-order chi connectivity index (χ1) is 19.3. The van der Waals surface area contributed by atoms with Gasteiger partial charge >= 0.3 is 0 Å². The molecule has 0 spiro atoms. The van der Waals surface area contributed by atoms with Gasteiger partial charge in [-0.15, -0.1) is 0 Å². The maximum absolute atomic E-state index is 4.09. The second-order valence-electron chi connectivity index (χ2n) is 10.4. The van der Waals surface area contributed by atoms with Crippen molar-refractivity contribution in [2.75, 3.05) is 6.54 Å². The minimum Gasteiger partial charge on any atom is -0.391 e. The highest BCUT2D eigenvalue weighted by Gasteiger charge is 2.11. The van der Waals surface area contributed by atoms with Crippen LogP contribution in [0.3, 0.4) is 0 Å². The summed E-state index contributed by atoms with van der Waals surface area (Å²) in [5, 5.41) is 3.05. The molecule has 0 rings (SSSR count). The summed E-state index contributed by atoms with van der Waals surface area (Å²) in [6, 6.07) is 0. The fourth-order valence-electron chi connectivity index (χ4n) is 2.78. The molecule has 1 N–H and O–H groups in total. The summed E-state index contributed by atoms with van der Waals surface area (Å²) in [5.41, 5.74) is 7.92. The molecule has 0 aliphatic heterocycles. The lowest BCUT2D eigenvalue weighted by molar-refractivity contribution is 0.319. The standard InChI is InChI=1S/C17H24.C11H17N.C8H18.2C2H6/c1-8-9-17(12-13(2)3)16(7)11-10-15(6)14(4)5;1-4-6-7-8-11(3)9-10-12-5-2;1-5-7-8(3,4)6-2;2*1-2/h8-12H,1,7H2,2-6H3;4-8,12H,1-2,9-10H2,3H3;5-7H2,1-4H3;2*1-2H3/b11-10-,17-9+;7-6-,11-8+;;;. The van der Waals surface area contributed by atoms with Crippen LogP contribution in [-0.2, 0) is 0 Å². The molecule has 0 aliphatic carbocycles. The Morgan fingerprint density at radius 1 is 0.780 bits per heavy atom. The van der Waals surface area contributed by atoms with Crippen LogP contribution in [0.4, 0.5) is 0 Å². The summed E-state index contributed by atoms with van der Waals surface area (Å²) in [4.78, 5) is 0. The average molecular weight is 566 g/mol. The summed E-state index contributed by atoms with van der Waals surface area (Å²) in [6.45, 7) is 45.7. The second-order valence-corrected chi connectivity index (χ2v) is 10.4. The summed E-state index contributed by atoms with van der Waals surface area (Å²) >= 11 is 0. The van der Waals surface area contributed by atoms with Gasteiger partial charge in [0.25, 0.3) is 0 Å². The third kappa shape index (κ3) is 39.4. The van der Waals surface area contributed by atoms with Crippen LogP contribution in [0.15, 0.2) is 121 Å². The lowest BCUT2D eigenvalue weighted by Gasteiger charge is -2.20. The van der Waals surface area contributed by atoms with E-state index in [2.05, 4.69) is 125 Å². The van der Waals surface area contributed by atoms with Gasteiger partial charge in [0.15, 0.2) is 0 Å². The molecule has 0 saturated heterocycles. The number of hydrogen-bond donors (Lipinski definition) is 1. The highest BCUT2D eigenvalue weighted by Crippen LogP contribution is 2.25. The number of hydrogen-bond acceptors (Lipinski definition) is 1. The van der Waals surface area contributed by atoms with Gasteiger partial charge in [-0.1, -0.05) is 172 Å². The fourth-order valence-corrected chi connectivity index (χ4v) is 2.78. The van der Waals surface area contributed by atoms with Gasteiger partial charge in [0, 0.05) is 6.54 Å². The molecule has 0 bridgehead atoms. The summed E-state index contributed by atoms with van der Waals surface area (Å²) in [5.74, 6) is 0. The van der Waals surface area contributed by atoms with Crippen LogP contribution in [-0.4, -0.2) is 6.54 Å². The van der Waals surface area contributed by atoms with Gasteiger partial charge in [-0.25, -0.2) is 0 Å². The molecular formula is C40H71N. The van der Waals surface area contributed by atoms with Gasteiger partial charge in [-0.3, -0.25) is 0 Å². The predicted molar refractivity (Wildman–Crippen MR) is 198 cm³/mol. The van der Waals surface area contributed by atoms with Crippen molar-refractivity contribution in [3.05, 3.63) is 121 Å². The number of rotatable bonds is 14. The summed E-state index contributed by atoms with van der Waals surface area (Å²) in [6.07, 6.45) is 24.6.